The van der Waals surface area contributed by atoms with E-state index in [1.807, 2.05) is 40.1 Å². The zero-order chi connectivity index (χ0) is 14.8. The molecular weight excluding hydrogens is 254 g/mol. The molecule has 1 unspecified atom stereocenters. The van der Waals surface area contributed by atoms with Crippen molar-refractivity contribution in [3.8, 4) is 0 Å². The second-order valence-electron chi connectivity index (χ2n) is 6.23. The van der Waals surface area contributed by atoms with Gasteiger partial charge < -0.3 is 15.0 Å². The highest BCUT2D eigenvalue weighted by Gasteiger charge is 2.28. The number of carbonyl (C=O) groups is 1. The summed E-state index contributed by atoms with van der Waals surface area (Å²) < 4.78 is 5.43. The van der Waals surface area contributed by atoms with Gasteiger partial charge in [-0.1, -0.05) is 6.07 Å². The summed E-state index contributed by atoms with van der Waals surface area (Å²) in [5.74, 6) is 0. The van der Waals surface area contributed by atoms with Crippen molar-refractivity contribution in [2.45, 2.75) is 39.3 Å². The molecule has 0 aliphatic carbocycles. The summed E-state index contributed by atoms with van der Waals surface area (Å²) in [6.07, 6.45) is 3.44. The summed E-state index contributed by atoms with van der Waals surface area (Å²) in [5, 5.41) is 3.42. The number of rotatable bonds is 1. The summed E-state index contributed by atoms with van der Waals surface area (Å²) in [6, 6.07) is 2.21. The maximum atomic E-state index is 12.1. The molecule has 1 saturated heterocycles. The molecule has 5 heteroatoms. The number of amides is 1. The lowest BCUT2D eigenvalue weighted by Gasteiger charge is -2.35. The van der Waals surface area contributed by atoms with Gasteiger partial charge >= 0.3 is 6.09 Å². The van der Waals surface area contributed by atoms with Gasteiger partial charge in [0.15, 0.2) is 0 Å². The lowest BCUT2D eigenvalue weighted by Crippen LogP contribution is -2.49. The van der Waals surface area contributed by atoms with E-state index in [1.165, 1.54) is 0 Å². The van der Waals surface area contributed by atoms with Crippen molar-refractivity contribution >= 4 is 6.09 Å². The number of aryl methyl sites for hydroxylation is 1. The van der Waals surface area contributed by atoms with E-state index in [1.54, 1.807) is 4.90 Å². The van der Waals surface area contributed by atoms with Crippen LogP contribution in [0.5, 0.6) is 0 Å². The van der Waals surface area contributed by atoms with Crippen molar-refractivity contribution in [1.29, 1.82) is 0 Å². The molecule has 1 aliphatic rings. The number of pyridine rings is 1. The molecule has 1 amide bonds. The standard InChI is InChI=1S/C15H23N3O2/c1-11-7-12(9-16-8-11)13-10-18(6-5-17-13)14(19)20-15(2,3)4/h7-9,13,17H,5-6,10H2,1-4H3. The van der Waals surface area contributed by atoms with Gasteiger partial charge in [0.1, 0.15) is 5.60 Å². The number of ether oxygens (including phenoxy) is 1. The van der Waals surface area contributed by atoms with E-state index in [-0.39, 0.29) is 12.1 Å². The minimum absolute atomic E-state index is 0.115. The van der Waals surface area contributed by atoms with Crippen LogP contribution in [0.25, 0.3) is 0 Å². The molecule has 0 bridgehead atoms. The van der Waals surface area contributed by atoms with Crippen LogP contribution in [0.4, 0.5) is 4.79 Å². The average molecular weight is 277 g/mol. The highest BCUT2D eigenvalue weighted by atomic mass is 16.6. The van der Waals surface area contributed by atoms with Crippen molar-refractivity contribution in [3.05, 3.63) is 29.6 Å². The van der Waals surface area contributed by atoms with E-state index in [4.69, 9.17) is 4.74 Å². The zero-order valence-electron chi connectivity index (χ0n) is 12.6. The SMILES string of the molecule is Cc1cncc(C2CN(C(=O)OC(C)(C)C)CCN2)c1. The van der Waals surface area contributed by atoms with E-state index in [0.29, 0.717) is 13.1 Å². The summed E-state index contributed by atoms with van der Waals surface area (Å²) >= 11 is 0. The average Bonchev–Trinajstić information content (AvgIpc) is 2.37. The topological polar surface area (TPSA) is 54.5 Å². The molecule has 1 atom stereocenters. The first kappa shape index (κ1) is 14.8. The molecule has 0 radical (unpaired) electrons. The Hall–Kier alpha value is -1.62. The van der Waals surface area contributed by atoms with Gasteiger partial charge in [-0.25, -0.2) is 4.79 Å². The fourth-order valence-electron chi connectivity index (χ4n) is 2.23. The molecule has 5 nitrogen and oxygen atoms in total. The fourth-order valence-corrected chi connectivity index (χ4v) is 2.23. The largest absolute Gasteiger partial charge is 0.444 e. The van der Waals surface area contributed by atoms with Gasteiger partial charge in [0.2, 0.25) is 0 Å². The van der Waals surface area contributed by atoms with Gasteiger partial charge in [-0.05, 0) is 38.8 Å². The Morgan fingerprint density at radius 1 is 1.45 bits per heavy atom. The van der Waals surface area contributed by atoms with Gasteiger partial charge in [0, 0.05) is 32.0 Å². The van der Waals surface area contributed by atoms with Gasteiger partial charge in [-0.2, -0.15) is 0 Å². The highest BCUT2D eigenvalue weighted by molar-refractivity contribution is 5.68. The molecule has 0 saturated carbocycles. The van der Waals surface area contributed by atoms with Gasteiger partial charge in [-0.3, -0.25) is 4.98 Å². The maximum absolute atomic E-state index is 12.1. The lowest BCUT2D eigenvalue weighted by atomic mass is 10.1. The molecule has 110 valence electrons. The van der Waals surface area contributed by atoms with Crippen LogP contribution in [0.3, 0.4) is 0 Å². The van der Waals surface area contributed by atoms with Crippen molar-refractivity contribution < 1.29 is 9.53 Å². The molecule has 2 rings (SSSR count). The Bertz CT molecular complexity index is 482. The second kappa shape index (κ2) is 5.79. The smallest absolute Gasteiger partial charge is 0.410 e. The first-order chi connectivity index (χ1) is 9.35. The Morgan fingerprint density at radius 3 is 2.85 bits per heavy atom. The number of hydrogen-bond acceptors (Lipinski definition) is 4. The van der Waals surface area contributed by atoms with Crippen molar-refractivity contribution in [2.75, 3.05) is 19.6 Å². The molecule has 2 heterocycles. The minimum Gasteiger partial charge on any atom is -0.444 e. The Labute approximate surface area is 120 Å². The minimum atomic E-state index is -0.456. The first-order valence-electron chi connectivity index (χ1n) is 6.98. The third-order valence-corrected chi connectivity index (χ3v) is 3.13. The van der Waals surface area contributed by atoms with Crippen molar-refractivity contribution in [1.82, 2.24) is 15.2 Å². The summed E-state index contributed by atoms with van der Waals surface area (Å²) in [7, 11) is 0. The summed E-state index contributed by atoms with van der Waals surface area (Å²) in [4.78, 5) is 18.1. The van der Waals surface area contributed by atoms with Crippen LogP contribution in [-0.2, 0) is 4.74 Å². The highest BCUT2D eigenvalue weighted by Crippen LogP contribution is 2.19. The molecule has 20 heavy (non-hydrogen) atoms. The van der Waals surface area contributed by atoms with E-state index < -0.39 is 5.60 Å². The number of aromatic nitrogens is 1. The van der Waals surface area contributed by atoms with E-state index in [2.05, 4.69) is 16.4 Å². The Balaban J connectivity index is 2.03. The number of piperazine rings is 1. The number of hydrogen-bond donors (Lipinski definition) is 1. The number of nitrogens with zero attached hydrogens (tertiary/aromatic N) is 2. The predicted octanol–water partition coefficient (Wildman–Crippen LogP) is 2.27. The predicted molar refractivity (Wildman–Crippen MR) is 77.5 cm³/mol. The van der Waals surface area contributed by atoms with Crippen LogP contribution in [0.2, 0.25) is 0 Å². The molecule has 1 aromatic rings. The van der Waals surface area contributed by atoms with Crippen molar-refractivity contribution in [3.63, 3.8) is 0 Å². The van der Waals surface area contributed by atoms with E-state index in [0.717, 1.165) is 17.7 Å². The second-order valence-corrected chi connectivity index (χ2v) is 6.23. The van der Waals surface area contributed by atoms with Crippen molar-refractivity contribution in [2.24, 2.45) is 0 Å². The Morgan fingerprint density at radius 2 is 2.20 bits per heavy atom. The van der Waals surface area contributed by atoms with Crippen LogP contribution in [-0.4, -0.2) is 41.2 Å². The normalized spacial score (nSPS) is 19.8. The molecule has 1 aromatic heterocycles. The summed E-state index contributed by atoms with van der Waals surface area (Å²) in [5.41, 5.74) is 1.78. The third kappa shape index (κ3) is 3.93. The van der Waals surface area contributed by atoms with Gasteiger partial charge in [-0.15, -0.1) is 0 Å². The quantitative estimate of drug-likeness (QED) is 0.855. The molecule has 1 aliphatic heterocycles. The number of carbonyl (C=O) groups excluding carboxylic acids is 1. The van der Waals surface area contributed by atoms with Crippen LogP contribution in [0.15, 0.2) is 18.5 Å². The van der Waals surface area contributed by atoms with Crippen LogP contribution < -0.4 is 5.32 Å². The zero-order valence-corrected chi connectivity index (χ0v) is 12.6. The first-order valence-corrected chi connectivity index (χ1v) is 6.98. The monoisotopic (exact) mass is 277 g/mol. The summed E-state index contributed by atoms with van der Waals surface area (Å²) in [6.45, 7) is 9.71. The molecular formula is C15H23N3O2. The van der Waals surface area contributed by atoms with E-state index in [9.17, 15) is 4.79 Å². The fraction of sp³-hybridized carbons (Fsp3) is 0.600. The third-order valence-electron chi connectivity index (χ3n) is 3.13. The maximum Gasteiger partial charge on any atom is 0.410 e. The molecule has 1 N–H and O–H groups in total. The van der Waals surface area contributed by atoms with Crippen LogP contribution in [0.1, 0.15) is 37.9 Å². The molecule has 0 aromatic carbocycles. The Kier molecular flexibility index (Phi) is 4.28. The molecule has 1 fully saturated rings. The van der Waals surface area contributed by atoms with Crippen LogP contribution in [0, 0.1) is 6.92 Å². The van der Waals surface area contributed by atoms with E-state index >= 15 is 0 Å². The number of nitrogens with one attached hydrogen (secondary N) is 1. The molecule has 0 spiro atoms. The lowest BCUT2D eigenvalue weighted by molar-refractivity contribution is 0.0195. The van der Waals surface area contributed by atoms with Gasteiger partial charge in [0.05, 0.1) is 6.04 Å². The van der Waals surface area contributed by atoms with Crippen LogP contribution >= 0.6 is 0 Å². The van der Waals surface area contributed by atoms with Gasteiger partial charge in [0.25, 0.3) is 0 Å².